The van der Waals surface area contributed by atoms with Crippen LogP contribution >= 0.6 is 0 Å². The van der Waals surface area contributed by atoms with Crippen LogP contribution in [-0.4, -0.2) is 52.9 Å². The van der Waals surface area contributed by atoms with E-state index in [1.165, 1.54) is 0 Å². The van der Waals surface area contributed by atoms with Crippen LogP contribution in [0.3, 0.4) is 0 Å². The third-order valence-electron chi connectivity index (χ3n) is 4.24. The van der Waals surface area contributed by atoms with Crippen molar-refractivity contribution >= 4 is 17.8 Å². The highest BCUT2D eigenvalue weighted by Gasteiger charge is 2.24. The summed E-state index contributed by atoms with van der Waals surface area (Å²) in [6.07, 6.45) is 0.403. The number of piperazine rings is 1. The van der Waals surface area contributed by atoms with Crippen LogP contribution in [0.25, 0.3) is 0 Å². The molecule has 3 amide bonds. The van der Waals surface area contributed by atoms with E-state index in [4.69, 9.17) is 0 Å². The van der Waals surface area contributed by atoms with Crippen LogP contribution in [0, 0.1) is 6.92 Å². The van der Waals surface area contributed by atoms with Crippen LogP contribution in [0.5, 0.6) is 0 Å². The third-order valence-corrected chi connectivity index (χ3v) is 4.24. The summed E-state index contributed by atoms with van der Waals surface area (Å²) in [4.78, 5) is 32.5. The fourth-order valence-electron chi connectivity index (χ4n) is 2.84. The Hall–Kier alpha value is -2.89. The van der Waals surface area contributed by atoms with Crippen molar-refractivity contribution in [2.24, 2.45) is 0 Å². The van der Waals surface area contributed by atoms with Crippen LogP contribution in [0.2, 0.25) is 0 Å². The van der Waals surface area contributed by atoms with E-state index in [0.29, 0.717) is 38.4 Å². The van der Waals surface area contributed by atoms with Gasteiger partial charge in [-0.05, 0) is 24.6 Å². The van der Waals surface area contributed by atoms with E-state index in [2.05, 4.69) is 10.3 Å². The summed E-state index contributed by atoms with van der Waals surface area (Å²) < 4.78 is 0. The first kappa shape index (κ1) is 17.0. The number of anilines is 1. The molecule has 1 aromatic heterocycles. The maximum Gasteiger partial charge on any atom is 0.323 e. The third kappa shape index (κ3) is 4.56. The minimum absolute atomic E-state index is 0.103. The molecule has 0 bridgehead atoms. The molecule has 1 aromatic carbocycles. The van der Waals surface area contributed by atoms with Crippen molar-refractivity contribution in [1.82, 2.24) is 14.8 Å². The summed E-state index contributed by atoms with van der Waals surface area (Å²) in [5, 5.41) is 2.81. The zero-order chi connectivity index (χ0) is 17.6. The highest BCUT2D eigenvalue weighted by Crippen LogP contribution is 2.10. The molecule has 1 aliphatic heterocycles. The number of hydrogen-bond donors (Lipinski definition) is 1. The maximum atomic E-state index is 12.4. The maximum absolute atomic E-state index is 12.4. The molecule has 0 spiro atoms. The van der Waals surface area contributed by atoms with Crippen molar-refractivity contribution in [3.05, 3.63) is 59.8 Å². The van der Waals surface area contributed by atoms with Crippen molar-refractivity contribution in [1.29, 1.82) is 0 Å². The lowest BCUT2D eigenvalue weighted by Crippen LogP contribution is -2.52. The Morgan fingerprint density at radius 3 is 2.32 bits per heavy atom. The Kier molecular flexibility index (Phi) is 5.28. The largest absolute Gasteiger partial charge is 0.339 e. The fourth-order valence-corrected chi connectivity index (χ4v) is 2.84. The molecule has 2 aromatic rings. The van der Waals surface area contributed by atoms with Crippen LogP contribution in [-0.2, 0) is 11.2 Å². The zero-order valence-electron chi connectivity index (χ0n) is 14.3. The summed E-state index contributed by atoms with van der Waals surface area (Å²) in [5.41, 5.74) is 1.87. The number of aryl methyl sites for hydroxylation is 1. The van der Waals surface area contributed by atoms with Gasteiger partial charge in [0.1, 0.15) is 5.82 Å². The summed E-state index contributed by atoms with van der Waals surface area (Å²) in [6.45, 7) is 4.05. The monoisotopic (exact) mass is 338 g/mol. The van der Waals surface area contributed by atoms with Crippen molar-refractivity contribution in [2.75, 3.05) is 31.5 Å². The normalized spacial score (nSPS) is 14.3. The molecule has 0 saturated carbocycles. The summed E-state index contributed by atoms with van der Waals surface area (Å²) in [5.74, 6) is 0.652. The minimum atomic E-state index is -0.173. The molecule has 1 aliphatic rings. The smallest absolute Gasteiger partial charge is 0.323 e. The number of carbonyl (C=O) groups excluding carboxylic acids is 2. The highest BCUT2D eigenvalue weighted by molar-refractivity contribution is 5.88. The van der Waals surface area contributed by atoms with Gasteiger partial charge in [-0.25, -0.2) is 9.78 Å². The number of rotatable bonds is 3. The van der Waals surface area contributed by atoms with Crippen LogP contribution < -0.4 is 5.32 Å². The van der Waals surface area contributed by atoms with E-state index in [1.54, 1.807) is 11.0 Å². The first-order valence-corrected chi connectivity index (χ1v) is 8.43. The fraction of sp³-hybridized carbons (Fsp3) is 0.316. The van der Waals surface area contributed by atoms with Crippen molar-refractivity contribution in [3.63, 3.8) is 0 Å². The van der Waals surface area contributed by atoms with E-state index in [-0.39, 0.29) is 11.9 Å². The number of nitrogens with zero attached hydrogens (tertiary/aromatic N) is 3. The molecule has 6 heteroatoms. The van der Waals surface area contributed by atoms with Gasteiger partial charge in [0.15, 0.2) is 0 Å². The summed E-state index contributed by atoms with van der Waals surface area (Å²) in [7, 11) is 0. The Bertz CT molecular complexity index is 740. The number of nitrogens with one attached hydrogen (secondary N) is 1. The van der Waals surface area contributed by atoms with Gasteiger partial charge in [0.2, 0.25) is 5.91 Å². The van der Waals surface area contributed by atoms with Crippen molar-refractivity contribution < 1.29 is 9.59 Å². The number of pyridine rings is 1. The highest BCUT2D eigenvalue weighted by atomic mass is 16.2. The second kappa shape index (κ2) is 7.79. The number of aromatic nitrogens is 1. The van der Waals surface area contributed by atoms with E-state index < -0.39 is 0 Å². The molecular formula is C19H22N4O2. The van der Waals surface area contributed by atoms with Gasteiger partial charge in [-0.3, -0.25) is 10.1 Å². The standard InChI is InChI=1S/C19H22N4O2/c1-15-6-5-9-17(20-15)21-19(25)23-12-10-22(11-13-23)18(24)14-16-7-3-2-4-8-16/h2-9H,10-14H2,1H3,(H,20,21,25). The van der Waals surface area contributed by atoms with Gasteiger partial charge >= 0.3 is 6.03 Å². The average Bonchev–Trinajstić information content (AvgIpc) is 2.62. The number of amides is 3. The predicted octanol–water partition coefficient (Wildman–Crippen LogP) is 2.31. The van der Waals surface area contributed by atoms with Crippen molar-refractivity contribution in [3.8, 4) is 0 Å². The second-order valence-electron chi connectivity index (χ2n) is 6.12. The molecule has 0 atom stereocenters. The van der Waals surface area contributed by atoms with E-state index in [9.17, 15) is 9.59 Å². The zero-order valence-corrected chi connectivity index (χ0v) is 14.3. The Labute approximate surface area is 147 Å². The molecule has 25 heavy (non-hydrogen) atoms. The number of hydrogen-bond acceptors (Lipinski definition) is 3. The van der Waals surface area contributed by atoms with Crippen molar-refractivity contribution in [2.45, 2.75) is 13.3 Å². The van der Waals surface area contributed by atoms with Gasteiger partial charge < -0.3 is 9.80 Å². The topological polar surface area (TPSA) is 65.5 Å². The van der Waals surface area contributed by atoms with Gasteiger partial charge in [-0.2, -0.15) is 0 Å². The molecule has 0 aliphatic carbocycles. The molecule has 2 heterocycles. The summed E-state index contributed by atoms with van der Waals surface area (Å²) >= 11 is 0. The average molecular weight is 338 g/mol. The lowest BCUT2D eigenvalue weighted by molar-refractivity contribution is -0.131. The molecule has 130 valence electrons. The van der Waals surface area contributed by atoms with Gasteiger partial charge in [-0.15, -0.1) is 0 Å². The summed E-state index contributed by atoms with van der Waals surface area (Å²) in [6, 6.07) is 15.1. The molecule has 0 unspecified atom stereocenters. The van der Waals surface area contributed by atoms with E-state index in [1.807, 2.05) is 54.3 Å². The van der Waals surface area contributed by atoms with Crippen LogP contribution in [0.1, 0.15) is 11.3 Å². The second-order valence-corrected chi connectivity index (χ2v) is 6.12. The predicted molar refractivity (Wildman–Crippen MR) is 96.3 cm³/mol. The minimum Gasteiger partial charge on any atom is -0.339 e. The molecule has 3 rings (SSSR count). The SMILES string of the molecule is Cc1cccc(NC(=O)N2CCN(C(=O)Cc3ccccc3)CC2)n1. The number of benzene rings is 1. The van der Waals surface area contributed by atoms with Crippen LogP contribution in [0.15, 0.2) is 48.5 Å². The molecule has 0 radical (unpaired) electrons. The molecule has 6 nitrogen and oxygen atoms in total. The van der Waals surface area contributed by atoms with Gasteiger partial charge in [0.05, 0.1) is 6.42 Å². The van der Waals surface area contributed by atoms with Gasteiger partial charge in [-0.1, -0.05) is 36.4 Å². The number of carbonyl (C=O) groups is 2. The molecule has 1 saturated heterocycles. The Morgan fingerprint density at radius 1 is 0.960 bits per heavy atom. The van der Waals surface area contributed by atoms with Gasteiger partial charge in [0.25, 0.3) is 0 Å². The lowest BCUT2D eigenvalue weighted by Gasteiger charge is -2.34. The van der Waals surface area contributed by atoms with E-state index >= 15 is 0 Å². The quantitative estimate of drug-likeness (QED) is 0.934. The Morgan fingerprint density at radius 2 is 1.64 bits per heavy atom. The molecule has 1 fully saturated rings. The first-order chi connectivity index (χ1) is 12.1. The Balaban J connectivity index is 1.49. The lowest BCUT2D eigenvalue weighted by atomic mass is 10.1. The van der Waals surface area contributed by atoms with E-state index in [0.717, 1.165) is 11.3 Å². The molecule has 1 N–H and O–H groups in total. The number of urea groups is 1. The first-order valence-electron chi connectivity index (χ1n) is 8.43. The van der Waals surface area contributed by atoms with Gasteiger partial charge in [0, 0.05) is 31.9 Å². The van der Waals surface area contributed by atoms with Crippen LogP contribution in [0.4, 0.5) is 10.6 Å². The molecular weight excluding hydrogens is 316 g/mol.